The van der Waals surface area contributed by atoms with Crippen molar-refractivity contribution in [3.05, 3.63) is 100 Å². The molecule has 0 saturated carbocycles. The topological polar surface area (TPSA) is 66.8 Å². The lowest BCUT2D eigenvalue weighted by molar-refractivity contribution is -0.132. The van der Waals surface area contributed by atoms with Gasteiger partial charge in [-0.1, -0.05) is 62.2 Å². The first-order valence-corrected chi connectivity index (χ1v) is 13.0. The highest BCUT2D eigenvalue weighted by atomic mass is 32.1. The summed E-state index contributed by atoms with van der Waals surface area (Å²) in [7, 11) is 0. The zero-order valence-corrected chi connectivity index (χ0v) is 20.8. The zero-order valence-electron chi connectivity index (χ0n) is 20.0. The normalized spacial score (nSPS) is 17.1. The number of aliphatic hydroxyl groups excluding tert-OH is 1. The molecule has 182 valence electrons. The Kier molecular flexibility index (Phi) is 6.87. The molecular formula is C30H27NO4S. The van der Waals surface area contributed by atoms with Crippen LogP contribution in [0.5, 0.6) is 5.75 Å². The van der Waals surface area contributed by atoms with Gasteiger partial charge in [-0.05, 0) is 53.6 Å². The van der Waals surface area contributed by atoms with Gasteiger partial charge in [-0.15, -0.1) is 11.3 Å². The number of benzene rings is 3. The standard InChI is InChI=1S/C30H27NO4S/c1-2-3-6-18-35-22-16-14-21(15-17-22)28(32)26-27(25-13-8-19-36-25)31(30(34)29(26)33)24-12-7-10-20-9-4-5-11-23(20)24/h4-5,7-17,19,27,32H,2-3,6,18H2,1H3/b28-26-. The zero-order chi connectivity index (χ0) is 25.1. The summed E-state index contributed by atoms with van der Waals surface area (Å²) < 4.78 is 5.78. The molecule has 1 N–H and O–H groups in total. The molecule has 1 aromatic heterocycles. The second kappa shape index (κ2) is 10.4. The molecule has 36 heavy (non-hydrogen) atoms. The molecule has 0 radical (unpaired) electrons. The number of rotatable bonds is 8. The number of ketones is 1. The summed E-state index contributed by atoms with van der Waals surface area (Å²) >= 11 is 1.45. The molecular weight excluding hydrogens is 470 g/mol. The summed E-state index contributed by atoms with van der Waals surface area (Å²) in [6, 6.07) is 23.5. The molecule has 1 unspecified atom stereocenters. The maximum atomic E-state index is 13.4. The highest BCUT2D eigenvalue weighted by molar-refractivity contribution is 7.10. The number of carbonyl (C=O) groups is 2. The number of ether oxygens (including phenoxy) is 1. The maximum Gasteiger partial charge on any atom is 0.300 e. The van der Waals surface area contributed by atoms with Gasteiger partial charge in [0.25, 0.3) is 11.7 Å². The smallest absolute Gasteiger partial charge is 0.300 e. The van der Waals surface area contributed by atoms with Gasteiger partial charge in [0.2, 0.25) is 0 Å². The van der Waals surface area contributed by atoms with Crippen LogP contribution in [0.4, 0.5) is 5.69 Å². The SMILES string of the molecule is CCCCCOc1ccc(/C(O)=C2/C(=O)C(=O)N(c3cccc4ccccc34)C2c2cccs2)cc1. The van der Waals surface area contributed by atoms with E-state index in [1.54, 1.807) is 24.3 Å². The van der Waals surface area contributed by atoms with E-state index < -0.39 is 17.7 Å². The molecule has 0 bridgehead atoms. The molecule has 1 atom stereocenters. The Morgan fingerprint density at radius 1 is 0.944 bits per heavy atom. The summed E-state index contributed by atoms with van der Waals surface area (Å²) in [4.78, 5) is 29.2. The fourth-order valence-electron chi connectivity index (χ4n) is 4.62. The number of amides is 1. The van der Waals surface area contributed by atoms with Gasteiger partial charge < -0.3 is 9.84 Å². The minimum absolute atomic E-state index is 0.0898. The van der Waals surface area contributed by atoms with Crippen LogP contribution in [-0.2, 0) is 9.59 Å². The molecule has 1 saturated heterocycles. The number of carbonyl (C=O) groups excluding carboxylic acids is 2. The Morgan fingerprint density at radius 3 is 2.47 bits per heavy atom. The van der Waals surface area contributed by atoms with Crippen molar-refractivity contribution in [1.82, 2.24) is 0 Å². The fraction of sp³-hybridized carbons (Fsp3) is 0.200. The molecule has 5 nitrogen and oxygen atoms in total. The van der Waals surface area contributed by atoms with Gasteiger partial charge in [0.1, 0.15) is 17.6 Å². The predicted octanol–water partition coefficient (Wildman–Crippen LogP) is 7.10. The minimum atomic E-state index is -0.722. The van der Waals surface area contributed by atoms with E-state index in [0.29, 0.717) is 23.6 Å². The third kappa shape index (κ3) is 4.40. The monoisotopic (exact) mass is 497 g/mol. The van der Waals surface area contributed by atoms with Crippen LogP contribution in [0.25, 0.3) is 16.5 Å². The summed E-state index contributed by atoms with van der Waals surface area (Å²) in [5.41, 5.74) is 1.20. The van der Waals surface area contributed by atoms with E-state index in [0.717, 1.165) is 34.9 Å². The summed E-state index contributed by atoms with van der Waals surface area (Å²) in [6.45, 7) is 2.78. The van der Waals surface area contributed by atoms with E-state index in [2.05, 4.69) is 6.92 Å². The van der Waals surface area contributed by atoms with Gasteiger partial charge >= 0.3 is 0 Å². The molecule has 0 spiro atoms. The average molecular weight is 498 g/mol. The maximum absolute atomic E-state index is 13.4. The molecule has 6 heteroatoms. The number of aliphatic hydroxyl groups is 1. The minimum Gasteiger partial charge on any atom is -0.507 e. The number of nitrogens with zero attached hydrogens (tertiary/aromatic N) is 1. The quantitative estimate of drug-likeness (QED) is 0.122. The van der Waals surface area contributed by atoms with E-state index in [1.165, 1.54) is 16.2 Å². The number of fused-ring (bicyclic) bond motifs is 1. The van der Waals surface area contributed by atoms with Crippen molar-refractivity contribution in [2.45, 2.75) is 32.2 Å². The van der Waals surface area contributed by atoms with Crippen LogP contribution in [0.1, 0.15) is 42.7 Å². The molecule has 1 aliphatic rings. The molecule has 1 fully saturated rings. The lowest BCUT2D eigenvalue weighted by Crippen LogP contribution is -2.29. The Bertz CT molecular complexity index is 1420. The molecule has 1 aliphatic heterocycles. The molecule has 2 heterocycles. The molecule has 0 aliphatic carbocycles. The van der Waals surface area contributed by atoms with E-state index in [9.17, 15) is 14.7 Å². The highest BCUT2D eigenvalue weighted by Gasteiger charge is 2.47. The van der Waals surface area contributed by atoms with Crippen LogP contribution in [0, 0.1) is 0 Å². The second-order valence-electron chi connectivity index (χ2n) is 8.76. The van der Waals surface area contributed by atoms with Crippen molar-refractivity contribution in [3.63, 3.8) is 0 Å². The highest BCUT2D eigenvalue weighted by Crippen LogP contribution is 2.45. The van der Waals surface area contributed by atoms with Gasteiger partial charge in [-0.2, -0.15) is 0 Å². The number of unbranched alkanes of at least 4 members (excludes halogenated alkanes) is 2. The van der Waals surface area contributed by atoms with E-state index in [4.69, 9.17) is 4.74 Å². The largest absolute Gasteiger partial charge is 0.507 e. The third-order valence-corrected chi connectivity index (χ3v) is 7.35. The summed E-state index contributed by atoms with van der Waals surface area (Å²) in [6.07, 6.45) is 3.22. The lowest BCUT2D eigenvalue weighted by atomic mass is 9.99. The third-order valence-electron chi connectivity index (χ3n) is 6.43. The van der Waals surface area contributed by atoms with Crippen molar-refractivity contribution >= 4 is 45.2 Å². The van der Waals surface area contributed by atoms with Gasteiger partial charge in [0.15, 0.2) is 0 Å². The van der Waals surface area contributed by atoms with Crippen LogP contribution < -0.4 is 9.64 Å². The van der Waals surface area contributed by atoms with Crippen molar-refractivity contribution in [3.8, 4) is 5.75 Å². The number of hydrogen-bond acceptors (Lipinski definition) is 5. The Morgan fingerprint density at radius 2 is 1.72 bits per heavy atom. The molecule has 3 aromatic carbocycles. The van der Waals surface area contributed by atoms with Crippen LogP contribution in [-0.4, -0.2) is 23.4 Å². The van der Waals surface area contributed by atoms with E-state index in [1.807, 2.05) is 60.0 Å². The van der Waals surface area contributed by atoms with Crippen LogP contribution in [0.2, 0.25) is 0 Å². The molecule has 5 rings (SSSR count). The molecule has 4 aromatic rings. The van der Waals surface area contributed by atoms with Crippen molar-refractivity contribution < 1.29 is 19.4 Å². The summed E-state index contributed by atoms with van der Waals surface area (Å²) in [5, 5.41) is 15.1. The van der Waals surface area contributed by atoms with Crippen LogP contribution >= 0.6 is 11.3 Å². The van der Waals surface area contributed by atoms with Crippen LogP contribution in [0.15, 0.2) is 89.8 Å². The van der Waals surface area contributed by atoms with Crippen molar-refractivity contribution in [2.75, 3.05) is 11.5 Å². The van der Waals surface area contributed by atoms with E-state index >= 15 is 0 Å². The Balaban J connectivity index is 1.57. The Hall–Kier alpha value is -3.90. The van der Waals surface area contributed by atoms with Crippen molar-refractivity contribution in [1.29, 1.82) is 0 Å². The lowest BCUT2D eigenvalue weighted by Gasteiger charge is -2.25. The van der Waals surface area contributed by atoms with Gasteiger partial charge in [0, 0.05) is 15.8 Å². The summed E-state index contributed by atoms with van der Waals surface area (Å²) in [5.74, 6) is -0.832. The van der Waals surface area contributed by atoms with E-state index in [-0.39, 0.29) is 11.3 Å². The number of hydrogen-bond donors (Lipinski definition) is 1. The second-order valence-corrected chi connectivity index (χ2v) is 9.74. The number of thiophene rings is 1. The first kappa shape index (κ1) is 23.8. The van der Waals surface area contributed by atoms with Gasteiger partial charge in [0.05, 0.1) is 17.9 Å². The number of Topliss-reactive ketones (excluding diaryl/α,β-unsaturated/α-hetero) is 1. The fourth-order valence-corrected chi connectivity index (χ4v) is 5.45. The first-order valence-electron chi connectivity index (χ1n) is 12.2. The van der Waals surface area contributed by atoms with Crippen LogP contribution in [0.3, 0.4) is 0 Å². The van der Waals surface area contributed by atoms with Gasteiger partial charge in [-0.25, -0.2) is 0 Å². The Labute approximate surface area is 214 Å². The first-order chi connectivity index (χ1) is 17.6. The number of anilines is 1. The molecule has 1 amide bonds. The van der Waals surface area contributed by atoms with Crippen molar-refractivity contribution in [2.24, 2.45) is 0 Å². The van der Waals surface area contributed by atoms with Gasteiger partial charge in [-0.3, -0.25) is 14.5 Å². The predicted molar refractivity (Wildman–Crippen MR) is 145 cm³/mol. The average Bonchev–Trinajstić information content (AvgIpc) is 3.53.